The molecule has 2 heterocycles. The number of carbonyl (C=O) groups excluding carboxylic acids is 2. The Labute approximate surface area is 173 Å². The topological polar surface area (TPSA) is 108 Å². The Morgan fingerprint density at radius 1 is 1.17 bits per heavy atom. The molecule has 4 rings (SSSR count). The van der Waals surface area contributed by atoms with Crippen LogP contribution < -0.4 is 20.3 Å². The number of benzene rings is 2. The summed E-state index contributed by atoms with van der Waals surface area (Å²) in [6.07, 6.45) is 0.366. The summed E-state index contributed by atoms with van der Waals surface area (Å²) in [6, 6.07) is 11.9. The van der Waals surface area contributed by atoms with Crippen LogP contribution in [0, 0.1) is 5.82 Å². The fraction of sp³-hybridized carbons (Fsp3) is 0.300. The molecule has 3 N–H and O–H groups in total. The van der Waals surface area contributed by atoms with Gasteiger partial charge < -0.3 is 15.5 Å². The van der Waals surface area contributed by atoms with Crippen molar-refractivity contribution in [1.82, 2.24) is 10.0 Å². The summed E-state index contributed by atoms with van der Waals surface area (Å²) in [5.41, 5.74) is 1.66. The van der Waals surface area contributed by atoms with Crippen molar-refractivity contribution < 1.29 is 22.4 Å². The Bertz CT molecular complexity index is 1090. The van der Waals surface area contributed by atoms with Crippen molar-refractivity contribution in [2.24, 2.45) is 0 Å². The van der Waals surface area contributed by atoms with Gasteiger partial charge in [-0.05, 0) is 30.7 Å². The number of hydrogen-bond acceptors (Lipinski definition) is 5. The van der Waals surface area contributed by atoms with Crippen LogP contribution in [0.2, 0.25) is 0 Å². The van der Waals surface area contributed by atoms with Gasteiger partial charge in [-0.25, -0.2) is 17.5 Å². The number of nitrogens with zero attached hydrogens (tertiary/aromatic N) is 1. The summed E-state index contributed by atoms with van der Waals surface area (Å²) >= 11 is 0. The van der Waals surface area contributed by atoms with Crippen molar-refractivity contribution in [3.8, 4) is 0 Å². The van der Waals surface area contributed by atoms with Gasteiger partial charge >= 0.3 is 0 Å². The molecule has 0 aromatic heterocycles. The second kappa shape index (κ2) is 8.04. The Morgan fingerprint density at radius 3 is 2.70 bits per heavy atom. The third-order valence-electron chi connectivity index (χ3n) is 5.21. The minimum absolute atomic E-state index is 0.0996. The summed E-state index contributed by atoms with van der Waals surface area (Å²) in [4.78, 5) is 26.1. The lowest BCUT2D eigenvalue weighted by atomic mass is 10.1. The number of hydrogen-bond donors (Lipinski definition) is 3. The van der Waals surface area contributed by atoms with E-state index in [0.717, 1.165) is 23.5 Å². The Hall–Kier alpha value is -2.98. The van der Waals surface area contributed by atoms with Crippen molar-refractivity contribution in [2.45, 2.75) is 29.8 Å². The van der Waals surface area contributed by atoms with E-state index in [2.05, 4.69) is 15.4 Å². The fourth-order valence-electron chi connectivity index (χ4n) is 3.84. The van der Waals surface area contributed by atoms with Crippen LogP contribution in [-0.2, 0) is 19.6 Å². The average Bonchev–Trinajstić information content (AvgIpc) is 3.12. The van der Waals surface area contributed by atoms with Gasteiger partial charge in [0.15, 0.2) is 0 Å². The quantitative estimate of drug-likeness (QED) is 0.636. The van der Waals surface area contributed by atoms with Gasteiger partial charge in [-0.3, -0.25) is 9.59 Å². The normalized spacial score (nSPS) is 20.3. The molecule has 30 heavy (non-hydrogen) atoms. The minimum atomic E-state index is -4.04. The Kier molecular flexibility index (Phi) is 5.44. The molecule has 8 nitrogen and oxygen atoms in total. The standard InChI is InChI=1S/C20H21FN4O4S/c21-14-5-1-4-8-18(14)30(28,29)22-10-9-19(26)23-13-11-17-20(27)24-15-6-2-3-7-16(15)25(17)12-13/h1-8,13,17,22H,9-12H2,(H,23,26)(H,24,27). The first-order valence-corrected chi connectivity index (χ1v) is 11.0. The number of carbonyl (C=O) groups is 2. The number of sulfonamides is 1. The largest absolute Gasteiger partial charge is 0.356 e. The van der Waals surface area contributed by atoms with Crippen LogP contribution in [0.1, 0.15) is 12.8 Å². The maximum absolute atomic E-state index is 13.7. The molecule has 0 saturated carbocycles. The third kappa shape index (κ3) is 4.01. The first-order chi connectivity index (χ1) is 14.3. The van der Waals surface area contributed by atoms with Crippen LogP contribution in [-0.4, -0.2) is 45.4 Å². The molecule has 0 radical (unpaired) electrons. The van der Waals surface area contributed by atoms with Gasteiger partial charge in [0.2, 0.25) is 21.8 Å². The molecule has 1 fully saturated rings. The zero-order valence-electron chi connectivity index (χ0n) is 16.0. The van der Waals surface area contributed by atoms with Gasteiger partial charge in [0.25, 0.3) is 0 Å². The molecule has 158 valence electrons. The van der Waals surface area contributed by atoms with Gasteiger partial charge in [0, 0.05) is 25.6 Å². The molecule has 2 aliphatic rings. The summed E-state index contributed by atoms with van der Waals surface area (Å²) in [5, 5.41) is 5.73. The maximum atomic E-state index is 13.7. The molecule has 2 aromatic carbocycles. The van der Waals surface area contributed by atoms with Crippen LogP contribution >= 0.6 is 0 Å². The van der Waals surface area contributed by atoms with E-state index in [1.807, 2.05) is 29.2 Å². The van der Waals surface area contributed by atoms with Crippen LogP contribution in [0.15, 0.2) is 53.4 Å². The summed E-state index contributed by atoms with van der Waals surface area (Å²) in [7, 11) is -4.04. The van der Waals surface area contributed by atoms with Crippen molar-refractivity contribution in [3.63, 3.8) is 0 Å². The molecule has 0 aliphatic carbocycles. The van der Waals surface area contributed by atoms with Crippen LogP contribution in [0.5, 0.6) is 0 Å². The van der Waals surface area contributed by atoms with E-state index >= 15 is 0 Å². The Morgan fingerprint density at radius 2 is 1.90 bits per heavy atom. The van der Waals surface area contributed by atoms with Gasteiger partial charge in [-0.2, -0.15) is 0 Å². The maximum Gasteiger partial charge on any atom is 0.247 e. The molecule has 2 atom stereocenters. The highest BCUT2D eigenvalue weighted by Gasteiger charge is 2.41. The SMILES string of the molecule is O=C(CCNS(=O)(=O)c1ccccc1F)NC1CC2C(=O)Nc3ccccc3N2C1. The highest BCUT2D eigenvalue weighted by Crippen LogP contribution is 2.36. The van der Waals surface area contributed by atoms with Gasteiger partial charge in [-0.15, -0.1) is 0 Å². The molecule has 0 spiro atoms. The molecular weight excluding hydrogens is 411 g/mol. The third-order valence-corrected chi connectivity index (χ3v) is 6.70. The van der Waals surface area contributed by atoms with Gasteiger partial charge in [0.05, 0.1) is 11.4 Å². The monoisotopic (exact) mass is 432 g/mol. The van der Waals surface area contributed by atoms with Crippen LogP contribution in [0.25, 0.3) is 0 Å². The van der Waals surface area contributed by atoms with Crippen molar-refractivity contribution in [1.29, 1.82) is 0 Å². The van der Waals surface area contributed by atoms with Crippen molar-refractivity contribution in [3.05, 3.63) is 54.3 Å². The zero-order valence-corrected chi connectivity index (χ0v) is 16.8. The predicted octanol–water partition coefficient (Wildman–Crippen LogP) is 1.21. The zero-order chi connectivity index (χ0) is 21.3. The molecule has 10 heteroatoms. The first-order valence-electron chi connectivity index (χ1n) is 9.55. The summed E-state index contributed by atoms with van der Waals surface area (Å²) in [5.74, 6) is -1.30. The number of amides is 2. The predicted molar refractivity (Wildman–Crippen MR) is 109 cm³/mol. The highest BCUT2D eigenvalue weighted by atomic mass is 32.2. The molecule has 0 bridgehead atoms. The first kappa shape index (κ1) is 20.3. The molecular formula is C20H21FN4O4S. The number of fused-ring (bicyclic) bond motifs is 3. The number of anilines is 2. The van der Waals surface area contributed by atoms with E-state index in [-0.39, 0.29) is 36.9 Å². The van der Waals surface area contributed by atoms with E-state index in [4.69, 9.17) is 0 Å². The fourth-order valence-corrected chi connectivity index (χ4v) is 4.95. The highest BCUT2D eigenvalue weighted by molar-refractivity contribution is 7.89. The number of halogens is 1. The summed E-state index contributed by atoms with van der Waals surface area (Å²) in [6.45, 7) is 0.327. The molecule has 2 amide bonds. The number of rotatable bonds is 6. The molecule has 1 saturated heterocycles. The second-order valence-electron chi connectivity index (χ2n) is 7.25. The smallest absolute Gasteiger partial charge is 0.247 e. The summed E-state index contributed by atoms with van der Waals surface area (Å²) < 4.78 is 40.3. The lowest BCUT2D eigenvalue weighted by molar-refractivity contribution is -0.122. The van der Waals surface area contributed by atoms with Crippen LogP contribution in [0.4, 0.5) is 15.8 Å². The van der Waals surface area contributed by atoms with E-state index in [1.54, 1.807) is 0 Å². The van der Waals surface area contributed by atoms with Crippen LogP contribution in [0.3, 0.4) is 0 Å². The number of nitrogens with one attached hydrogen (secondary N) is 3. The van der Waals surface area contributed by atoms with E-state index in [1.165, 1.54) is 12.1 Å². The van der Waals surface area contributed by atoms with E-state index in [0.29, 0.717) is 13.0 Å². The van der Waals surface area contributed by atoms with Gasteiger partial charge in [0.1, 0.15) is 16.8 Å². The second-order valence-corrected chi connectivity index (χ2v) is 8.99. The van der Waals surface area contributed by atoms with Crippen molar-refractivity contribution >= 4 is 33.2 Å². The molecule has 2 aromatic rings. The average molecular weight is 432 g/mol. The lowest BCUT2D eigenvalue weighted by Crippen LogP contribution is -2.44. The Balaban J connectivity index is 1.32. The van der Waals surface area contributed by atoms with Crippen molar-refractivity contribution in [2.75, 3.05) is 23.3 Å². The molecule has 2 unspecified atom stereocenters. The minimum Gasteiger partial charge on any atom is -0.356 e. The van der Waals surface area contributed by atoms with E-state index < -0.39 is 20.7 Å². The van der Waals surface area contributed by atoms with Gasteiger partial charge in [-0.1, -0.05) is 24.3 Å². The van der Waals surface area contributed by atoms with E-state index in [9.17, 15) is 22.4 Å². The lowest BCUT2D eigenvalue weighted by Gasteiger charge is -2.32. The molecule has 2 aliphatic heterocycles. The number of para-hydroxylation sites is 2.